The molecule has 8 N–H and O–H groups in total. The van der Waals surface area contributed by atoms with E-state index in [1.165, 1.54) is 56.5 Å². The van der Waals surface area contributed by atoms with Gasteiger partial charge in [-0.3, -0.25) is 0 Å². The number of aryl methyl sites for hydroxylation is 1. The summed E-state index contributed by atoms with van der Waals surface area (Å²) in [6.07, 6.45) is 9.93. The van der Waals surface area contributed by atoms with Gasteiger partial charge in [0.05, 0.1) is 28.0 Å². The van der Waals surface area contributed by atoms with Crippen LogP contribution < -0.4 is 9.47 Å². The zero-order chi connectivity index (χ0) is 88.6. The van der Waals surface area contributed by atoms with Crippen molar-refractivity contribution in [1.82, 2.24) is 0 Å². The first-order valence-corrected chi connectivity index (χ1v) is 43.3. The van der Waals surface area contributed by atoms with Crippen molar-refractivity contribution < 1.29 is 55.1 Å². The fourth-order valence-electron chi connectivity index (χ4n) is 12.1. The van der Waals surface area contributed by atoms with Crippen LogP contribution in [0.5, 0.6) is 34.5 Å². The lowest BCUT2D eigenvalue weighted by molar-refractivity contribution is 0.0192. The lowest BCUT2D eigenvalue weighted by Crippen LogP contribution is -2.24. The molecule has 0 aliphatic carbocycles. The predicted molar refractivity (Wildman–Crippen MR) is 496 cm³/mol. The van der Waals surface area contributed by atoms with E-state index in [0.717, 1.165) is 73.8 Å². The van der Waals surface area contributed by atoms with Gasteiger partial charge < -0.3 is 55.1 Å². The minimum absolute atomic E-state index is 0.187. The molecule has 0 radical (unpaired) electrons. The Morgan fingerprint density at radius 3 is 0.709 bits per heavy atom. The van der Waals surface area contributed by atoms with Gasteiger partial charge in [0.15, 0.2) is 0 Å². The van der Waals surface area contributed by atoms with Crippen LogP contribution in [-0.2, 0) is 32.7 Å². The van der Waals surface area contributed by atoms with Gasteiger partial charge in [-0.1, -0.05) is 257 Å². The fourth-order valence-corrected chi connectivity index (χ4v) is 12.1. The standard InChI is InChI=1S/C25H36O4.2C14H22O.C13H20O.4C10H14O/c1-8-18(3)19-9-11-20(12-10-19)28-13-14-29-23-21(24(4,5)26)15-17(2)16-22(23)25(6,7)27;1-6-11(2)12-7-9-13(10-8-12)14(3,4)15-5;1-5-11(3)12-7-9-13(10-8-12)14(4,15)6-2;1-5-10(2)11-6-8-12(9-7-11)13(3,4)14;4*1-3-8(2)9-4-6-10(11)7-5-9/h9-12,15-16,18,26-27H,8,13-14H2,1-7H3;7-11H,6H2,1-5H3;7-11,15H,5-6H2,1-4H3;6-10,14H,5H2,1-4H3;4*4-8,11H,3H2,1-2H3. The molecule has 0 aliphatic heterocycles. The van der Waals surface area contributed by atoms with E-state index in [9.17, 15) is 20.4 Å². The Balaban J connectivity index is 0.000000467. The van der Waals surface area contributed by atoms with Gasteiger partial charge in [0.1, 0.15) is 47.7 Å². The van der Waals surface area contributed by atoms with E-state index in [-0.39, 0.29) is 5.60 Å². The Morgan fingerprint density at radius 1 is 0.282 bits per heavy atom. The number of hydrogen-bond donors (Lipinski definition) is 8. The monoisotopic (exact) mass is 1610 g/mol. The lowest BCUT2D eigenvalue weighted by Gasteiger charge is -2.29. The van der Waals surface area contributed by atoms with Gasteiger partial charge in [-0.25, -0.2) is 0 Å². The third kappa shape index (κ3) is 37.6. The molecule has 117 heavy (non-hydrogen) atoms. The van der Waals surface area contributed by atoms with Crippen LogP contribution in [0.3, 0.4) is 0 Å². The summed E-state index contributed by atoms with van der Waals surface area (Å²) in [5.41, 5.74) is 12.3. The van der Waals surface area contributed by atoms with Crippen molar-refractivity contribution in [1.29, 1.82) is 0 Å². The largest absolute Gasteiger partial charge is 0.508 e. The molecule has 9 atom stereocenters. The molecule has 9 aromatic carbocycles. The second-order valence-corrected chi connectivity index (χ2v) is 34.2. The molecule has 0 amide bonds. The van der Waals surface area contributed by atoms with Gasteiger partial charge in [-0.2, -0.15) is 0 Å². The van der Waals surface area contributed by atoms with E-state index in [1.54, 1.807) is 83.3 Å². The molecule has 11 nitrogen and oxygen atoms in total. The number of phenolic OH excluding ortho intramolecular Hbond substituents is 4. The van der Waals surface area contributed by atoms with Crippen molar-refractivity contribution in [3.05, 3.63) is 284 Å². The van der Waals surface area contributed by atoms with Gasteiger partial charge >= 0.3 is 0 Å². The van der Waals surface area contributed by atoms with Crippen LogP contribution in [0.2, 0.25) is 0 Å². The van der Waals surface area contributed by atoms with Gasteiger partial charge in [-0.05, 0) is 308 Å². The molecule has 0 aromatic heterocycles. The maximum absolute atomic E-state index is 10.6. The maximum atomic E-state index is 10.6. The Morgan fingerprint density at radius 2 is 0.496 bits per heavy atom. The number of methoxy groups -OCH3 is 1. The number of aliphatic hydroxyl groups is 4. The summed E-state index contributed by atoms with van der Waals surface area (Å²) in [5.74, 6) is 7.46. The van der Waals surface area contributed by atoms with Gasteiger partial charge in [0.2, 0.25) is 0 Å². The van der Waals surface area contributed by atoms with E-state index in [2.05, 4.69) is 185 Å². The highest BCUT2D eigenvalue weighted by atomic mass is 16.5. The van der Waals surface area contributed by atoms with Crippen molar-refractivity contribution in [2.75, 3.05) is 20.3 Å². The number of rotatable bonds is 28. The van der Waals surface area contributed by atoms with Crippen molar-refractivity contribution in [3.63, 3.8) is 0 Å². The summed E-state index contributed by atoms with van der Waals surface area (Å²) in [7, 11) is 1.75. The van der Waals surface area contributed by atoms with E-state index >= 15 is 0 Å². The van der Waals surface area contributed by atoms with E-state index in [0.29, 0.717) is 100 Å². The Labute approximate surface area is 710 Å². The molecule has 0 heterocycles. The minimum atomic E-state index is -1.09. The summed E-state index contributed by atoms with van der Waals surface area (Å²) in [6, 6.07) is 67.1. The number of benzene rings is 9. The third-order valence-corrected chi connectivity index (χ3v) is 23.0. The smallest absolute Gasteiger partial charge is 0.131 e. The summed E-state index contributed by atoms with van der Waals surface area (Å²) >= 11 is 0. The molecule has 9 rings (SSSR count). The molecule has 0 saturated carbocycles. The molecular weight excluding hydrogens is 1450 g/mol. The summed E-state index contributed by atoms with van der Waals surface area (Å²) < 4.78 is 17.3. The summed E-state index contributed by atoms with van der Waals surface area (Å²) in [5, 5.41) is 77.1. The molecule has 9 aromatic rings. The number of hydrogen-bond acceptors (Lipinski definition) is 11. The maximum Gasteiger partial charge on any atom is 0.131 e. The average molecular weight is 1610 g/mol. The summed E-state index contributed by atoms with van der Waals surface area (Å²) in [6.45, 7) is 56.3. The molecule has 0 bridgehead atoms. The molecule has 0 spiro atoms. The zero-order valence-electron chi connectivity index (χ0n) is 77.3. The predicted octanol–water partition coefficient (Wildman–Crippen LogP) is 28.4. The molecule has 0 aliphatic rings. The van der Waals surface area contributed by atoms with E-state index < -0.39 is 22.4 Å². The molecule has 0 fully saturated rings. The lowest BCUT2D eigenvalue weighted by atomic mass is 9.87. The number of phenols is 4. The van der Waals surface area contributed by atoms with Crippen LogP contribution in [0, 0.1) is 6.92 Å². The first-order valence-electron chi connectivity index (χ1n) is 43.3. The van der Waals surface area contributed by atoms with Crippen LogP contribution in [-0.4, -0.2) is 61.2 Å². The topological polar surface area (TPSA) is 190 Å². The third-order valence-electron chi connectivity index (χ3n) is 23.0. The van der Waals surface area contributed by atoms with Crippen LogP contribution in [0.15, 0.2) is 206 Å². The SMILES string of the molecule is CCC(C)c1ccc(C(C)(C)O)cc1.CCC(C)c1ccc(C(C)(C)OC)cc1.CCC(C)c1ccc(C(C)(O)CC)cc1.CCC(C)c1ccc(O)cc1.CCC(C)c1ccc(O)cc1.CCC(C)c1ccc(O)cc1.CCC(C)c1ccc(O)cc1.CCC(C)c1ccc(OCCOc2c(C(C)(C)O)cc(C)cc2C(C)(C)O)cc1. The highest BCUT2D eigenvalue weighted by Crippen LogP contribution is 2.40. The minimum Gasteiger partial charge on any atom is -0.508 e. The van der Waals surface area contributed by atoms with E-state index in [4.69, 9.17) is 34.6 Å². The highest BCUT2D eigenvalue weighted by molar-refractivity contribution is 5.50. The Bertz CT molecular complexity index is 3780. The summed E-state index contributed by atoms with van der Waals surface area (Å²) in [4.78, 5) is 0. The molecular formula is C106H156O11. The van der Waals surface area contributed by atoms with Crippen molar-refractivity contribution in [2.45, 2.75) is 320 Å². The van der Waals surface area contributed by atoms with Gasteiger partial charge in [-0.15, -0.1) is 0 Å². The number of ether oxygens (including phenoxy) is 3. The second-order valence-electron chi connectivity index (χ2n) is 34.2. The van der Waals surface area contributed by atoms with Crippen LogP contribution in [0.4, 0.5) is 0 Å². The average Bonchev–Trinajstić information content (AvgIpc) is 0.768. The van der Waals surface area contributed by atoms with Crippen LogP contribution >= 0.6 is 0 Å². The normalized spacial score (nSPS) is 13.8. The molecule has 9 unspecified atom stereocenters. The van der Waals surface area contributed by atoms with Crippen molar-refractivity contribution >= 4 is 0 Å². The van der Waals surface area contributed by atoms with Crippen LogP contribution in [0.1, 0.15) is 363 Å². The van der Waals surface area contributed by atoms with Gasteiger partial charge in [0, 0.05) is 18.2 Å². The Hall–Kier alpha value is -8.42. The first kappa shape index (κ1) is 105. The first-order chi connectivity index (χ1) is 54.8. The van der Waals surface area contributed by atoms with Crippen LogP contribution in [0.25, 0.3) is 0 Å². The highest BCUT2D eigenvalue weighted by Gasteiger charge is 2.30. The number of aromatic hydroxyl groups is 4. The second kappa shape index (κ2) is 51.8. The fraction of sp³-hybridized carbons (Fsp3) is 0.491. The van der Waals surface area contributed by atoms with Crippen molar-refractivity contribution in [3.8, 4) is 34.5 Å². The Kier molecular flexibility index (Phi) is 46.3. The van der Waals surface area contributed by atoms with Gasteiger partial charge in [0.25, 0.3) is 0 Å². The molecule has 0 saturated heterocycles. The van der Waals surface area contributed by atoms with Crippen molar-refractivity contribution in [2.24, 2.45) is 0 Å². The molecule has 11 heteroatoms. The van der Waals surface area contributed by atoms with E-state index in [1.807, 2.05) is 132 Å². The quantitative estimate of drug-likeness (QED) is 0.0218. The molecule has 646 valence electrons. The zero-order valence-corrected chi connectivity index (χ0v) is 77.3.